The minimum absolute atomic E-state index is 0.218. The third-order valence-corrected chi connectivity index (χ3v) is 5.53. The van der Waals surface area contributed by atoms with E-state index in [4.69, 9.17) is 10.5 Å². The topological polar surface area (TPSA) is 81.4 Å². The summed E-state index contributed by atoms with van der Waals surface area (Å²) in [4.78, 5) is 0.218. The van der Waals surface area contributed by atoms with Gasteiger partial charge in [-0.25, -0.2) is 13.1 Å². The summed E-state index contributed by atoms with van der Waals surface area (Å²) in [5, 5.41) is 0.424. The van der Waals surface area contributed by atoms with Crippen molar-refractivity contribution in [2.45, 2.75) is 30.0 Å². The quantitative estimate of drug-likeness (QED) is 0.760. The van der Waals surface area contributed by atoms with E-state index in [1.54, 1.807) is 23.9 Å². The van der Waals surface area contributed by atoms with E-state index in [1.165, 1.54) is 13.2 Å². The van der Waals surface area contributed by atoms with E-state index < -0.39 is 10.0 Å². The Labute approximate surface area is 125 Å². The number of methoxy groups -OCH3 is 1. The number of sulfonamides is 1. The first-order chi connectivity index (χ1) is 9.44. The Hall–Kier alpha value is -0.760. The number of thioether (sulfide) groups is 1. The fourth-order valence-electron chi connectivity index (χ4n) is 1.68. The molecule has 7 heteroatoms. The first-order valence-corrected chi connectivity index (χ1v) is 9.11. The minimum Gasteiger partial charge on any atom is -0.496 e. The maximum atomic E-state index is 12.2. The van der Waals surface area contributed by atoms with Crippen LogP contribution in [0.2, 0.25) is 0 Å². The first-order valence-electron chi connectivity index (χ1n) is 6.34. The van der Waals surface area contributed by atoms with Crippen molar-refractivity contribution in [3.63, 3.8) is 0 Å². The van der Waals surface area contributed by atoms with Crippen LogP contribution in [0.3, 0.4) is 0 Å². The summed E-state index contributed by atoms with van der Waals surface area (Å²) in [6, 6.07) is 4.71. The molecule has 5 nitrogen and oxygen atoms in total. The highest BCUT2D eigenvalue weighted by molar-refractivity contribution is 7.99. The second-order valence-electron chi connectivity index (χ2n) is 4.41. The van der Waals surface area contributed by atoms with Gasteiger partial charge < -0.3 is 10.5 Å². The third-order valence-electron chi connectivity index (χ3n) is 3.03. The lowest BCUT2D eigenvalue weighted by Gasteiger charge is -2.12. The standard InChI is InChI=1S/C13H22N2O3S2/c1-10(19-3)6-7-15-20(16,17)12-4-5-13(18-2)11(8-12)9-14/h4-5,8,10,15H,6-7,9,14H2,1-3H3. The number of hydrogen-bond donors (Lipinski definition) is 2. The smallest absolute Gasteiger partial charge is 0.240 e. The Kier molecular flexibility index (Phi) is 6.81. The number of hydrogen-bond acceptors (Lipinski definition) is 5. The van der Waals surface area contributed by atoms with Crippen LogP contribution < -0.4 is 15.2 Å². The fourth-order valence-corrected chi connectivity index (χ4v) is 3.13. The zero-order chi connectivity index (χ0) is 15.2. The predicted molar refractivity (Wildman–Crippen MR) is 83.7 cm³/mol. The Morgan fingerprint density at radius 1 is 1.45 bits per heavy atom. The molecule has 0 saturated carbocycles. The van der Waals surface area contributed by atoms with Gasteiger partial charge in [0.15, 0.2) is 0 Å². The predicted octanol–water partition coefficient (Wildman–Crippen LogP) is 1.57. The minimum atomic E-state index is -3.49. The van der Waals surface area contributed by atoms with Gasteiger partial charge in [-0.1, -0.05) is 6.92 Å². The van der Waals surface area contributed by atoms with Crippen molar-refractivity contribution in [3.05, 3.63) is 23.8 Å². The Morgan fingerprint density at radius 2 is 2.15 bits per heavy atom. The van der Waals surface area contributed by atoms with Gasteiger partial charge in [0.25, 0.3) is 0 Å². The van der Waals surface area contributed by atoms with Crippen molar-refractivity contribution in [2.75, 3.05) is 19.9 Å². The highest BCUT2D eigenvalue weighted by Gasteiger charge is 2.16. The summed E-state index contributed by atoms with van der Waals surface area (Å²) in [6.07, 6.45) is 2.80. The molecule has 1 rings (SSSR count). The van der Waals surface area contributed by atoms with Crippen molar-refractivity contribution in [1.82, 2.24) is 4.72 Å². The molecule has 0 aliphatic carbocycles. The number of nitrogens with one attached hydrogen (secondary N) is 1. The van der Waals surface area contributed by atoms with Gasteiger partial charge in [0.1, 0.15) is 5.75 Å². The molecule has 0 aromatic heterocycles. The van der Waals surface area contributed by atoms with Gasteiger partial charge in [0.05, 0.1) is 12.0 Å². The van der Waals surface area contributed by atoms with Gasteiger partial charge in [0, 0.05) is 23.9 Å². The Bertz CT molecular complexity index is 532. The molecule has 3 N–H and O–H groups in total. The van der Waals surface area contributed by atoms with Crippen molar-refractivity contribution >= 4 is 21.8 Å². The maximum absolute atomic E-state index is 12.2. The van der Waals surface area contributed by atoms with Crippen LogP contribution in [0.25, 0.3) is 0 Å². The highest BCUT2D eigenvalue weighted by Crippen LogP contribution is 2.22. The SMILES string of the molecule is COc1ccc(S(=O)(=O)NCCC(C)SC)cc1CN. The molecule has 0 aliphatic rings. The molecule has 0 radical (unpaired) electrons. The number of benzene rings is 1. The summed E-state index contributed by atoms with van der Waals surface area (Å²) < 4.78 is 32.1. The molecular weight excluding hydrogens is 296 g/mol. The number of ether oxygens (including phenoxy) is 1. The monoisotopic (exact) mass is 318 g/mol. The highest BCUT2D eigenvalue weighted by atomic mass is 32.2. The van der Waals surface area contributed by atoms with Crippen LogP contribution in [-0.2, 0) is 16.6 Å². The van der Waals surface area contributed by atoms with Crippen LogP contribution in [0.1, 0.15) is 18.9 Å². The Morgan fingerprint density at radius 3 is 2.70 bits per heavy atom. The summed E-state index contributed by atoms with van der Waals surface area (Å²) in [6.45, 7) is 2.73. The molecule has 0 aliphatic heterocycles. The van der Waals surface area contributed by atoms with Gasteiger partial charge in [-0.2, -0.15) is 11.8 Å². The normalized spacial score (nSPS) is 13.2. The summed E-state index contributed by atoms with van der Waals surface area (Å²) in [5.74, 6) is 0.599. The van der Waals surface area contributed by atoms with Crippen molar-refractivity contribution < 1.29 is 13.2 Å². The van der Waals surface area contributed by atoms with Crippen LogP contribution in [-0.4, -0.2) is 33.6 Å². The van der Waals surface area contributed by atoms with Gasteiger partial charge in [-0.3, -0.25) is 0 Å². The Balaban J connectivity index is 2.82. The molecule has 0 saturated heterocycles. The van der Waals surface area contributed by atoms with E-state index in [1.807, 2.05) is 6.26 Å². The van der Waals surface area contributed by atoms with E-state index in [0.717, 1.165) is 6.42 Å². The molecule has 0 spiro atoms. The van der Waals surface area contributed by atoms with Crippen molar-refractivity contribution in [2.24, 2.45) is 5.73 Å². The fraction of sp³-hybridized carbons (Fsp3) is 0.538. The van der Waals surface area contributed by atoms with Crippen molar-refractivity contribution in [3.8, 4) is 5.75 Å². The van der Waals surface area contributed by atoms with Crippen LogP contribution in [0.5, 0.6) is 5.75 Å². The summed E-state index contributed by atoms with van der Waals surface area (Å²) in [7, 11) is -1.96. The molecule has 1 unspecified atom stereocenters. The van der Waals surface area contributed by atoms with Crippen LogP contribution in [0.15, 0.2) is 23.1 Å². The molecule has 1 aromatic carbocycles. The van der Waals surface area contributed by atoms with E-state index in [-0.39, 0.29) is 11.4 Å². The molecule has 114 valence electrons. The average molecular weight is 318 g/mol. The number of nitrogens with two attached hydrogens (primary N) is 1. The lowest BCUT2D eigenvalue weighted by molar-refractivity contribution is 0.409. The number of rotatable bonds is 8. The van der Waals surface area contributed by atoms with Crippen molar-refractivity contribution in [1.29, 1.82) is 0 Å². The average Bonchev–Trinajstić information content (AvgIpc) is 2.45. The second kappa shape index (κ2) is 7.87. The summed E-state index contributed by atoms with van der Waals surface area (Å²) >= 11 is 1.71. The molecule has 1 atom stereocenters. The van der Waals surface area contributed by atoms with Crippen LogP contribution in [0, 0.1) is 0 Å². The molecule has 1 aromatic rings. The first kappa shape index (κ1) is 17.3. The third kappa shape index (κ3) is 4.66. The molecule has 0 fully saturated rings. The van der Waals surface area contributed by atoms with Gasteiger partial charge in [-0.15, -0.1) is 0 Å². The molecule has 0 bridgehead atoms. The van der Waals surface area contributed by atoms with Crippen LogP contribution in [0.4, 0.5) is 0 Å². The van der Waals surface area contributed by atoms with Gasteiger partial charge in [0.2, 0.25) is 10.0 Å². The van der Waals surface area contributed by atoms with Gasteiger partial charge >= 0.3 is 0 Å². The zero-order valence-electron chi connectivity index (χ0n) is 12.0. The van der Waals surface area contributed by atoms with Gasteiger partial charge in [-0.05, 0) is 30.9 Å². The van der Waals surface area contributed by atoms with Crippen LogP contribution >= 0.6 is 11.8 Å². The second-order valence-corrected chi connectivity index (χ2v) is 7.45. The molecule has 20 heavy (non-hydrogen) atoms. The lowest BCUT2D eigenvalue weighted by atomic mass is 10.2. The molecular formula is C13H22N2O3S2. The van der Waals surface area contributed by atoms with E-state index in [0.29, 0.717) is 23.1 Å². The largest absolute Gasteiger partial charge is 0.496 e. The summed E-state index contributed by atoms with van der Waals surface area (Å²) in [5.41, 5.74) is 6.27. The lowest BCUT2D eigenvalue weighted by Crippen LogP contribution is -2.26. The maximum Gasteiger partial charge on any atom is 0.240 e. The zero-order valence-corrected chi connectivity index (χ0v) is 13.7. The molecule has 0 heterocycles. The molecule has 0 amide bonds. The van der Waals surface area contributed by atoms with E-state index in [9.17, 15) is 8.42 Å². The van der Waals surface area contributed by atoms with E-state index >= 15 is 0 Å². The van der Waals surface area contributed by atoms with E-state index in [2.05, 4.69) is 11.6 Å².